The van der Waals surface area contributed by atoms with Gasteiger partial charge in [0.05, 0.1) is 0 Å². The van der Waals surface area contributed by atoms with E-state index in [2.05, 4.69) is 11.9 Å². The third kappa shape index (κ3) is 2.46. The topological polar surface area (TPSA) is 20.3 Å². The summed E-state index contributed by atoms with van der Waals surface area (Å²) < 4.78 is 0. The van der Waals surface area contributed by atoms with Crippen molar-refractivity contribution in [2.24, 2.45) is 11.8 Å². The quantitative estimate of drug-likeness (QED) is 0.554. The largest absolute Gasteiger partial charge is 0.305 e. The maximum absolute atomic E-state index is 11.2. The van der Waals surface area contributed by atoms with E-state index in [1.807, 2.05) is 13.8 Å². The van der Waals surface area contributed by atoms with Crippen LogP contribution in [0.4, 0.5) is 0 Å². The summed E-state index contributed by atoms with van der Waals surface area (Å²) in [6.07, 6.45) is 0. The summed E-state index contributed by atoms with van der Waals surface area (Å²) in [4.78, 5) is 13.5. The van der Waals surface area contributed by atoms with Gasteiger partial charge in [-0.25, -0.2) is 0 Å². The maximum Gasteiger partial charge on any atom is 0.141 e. The second-order valence-electron chi connectivity index (χ2n) is 3.43. The molecular formula is C8H16ClNO. The van der Waals surface area contributed by atoms with Crippen molar-refractivity contribution in [3.8, 4) is 0 Å². The number of ketones is 1. The smallest absolute Gasteiger partial charge is 0.141 e. The van der Waals surface area contributed by atoms with Crippen molar-refractivity contribution >= 4 is 18.2 Å². The van der Waals surface area contributed by atoms with Crippen LogP contribution in [0.15, 0.2) is 0 Å². The monoisotopic (exact) mass is 177 g/mol. The highest BCUT2D eigenvalue weighted by Crippen LogP contribution is 2.15. The summed E-state index contributed by atoms with van der Waals surface area (Å²) in [7, 11) is 2.07. The predicted molar refractivity (Wildman–Crippen MR) is 48.1 cm³/mol. The first-order chi connectivity index (χ1) is 4.61. The average Bonchev–Trinajstić information content (AvgIpc) is 1.82. The van der Waals surface area contributed by atoms with Crippen LogP contribution in [0.5, 0.6) is 0 Å². The normalized spacial score (nSPS) is 33.2. The van der Waals surface area contributed by atoms with Crippen molar-refractivity contribution in [3.63, 3.8) is 0 Å². The molecule has 0 aromatic rings. The van der Waals surface area contributed by atoms with E-state index >= 15 is 0 Å². The minimum Gasteiger partial charge on any atom is -0.305 e. The fraction of sp³-hybridized carbons (Fsp3) is 0.875. The zero-order valence-corrected chi connectivity index (χ0v) is 8.15. The zero-order valence-electron chi connectivity index (χ0n) is 7.33. The first-order valence-electron chi connectivity index (χ1n) is 3.83. The Morgan fingerprint density at radius 2 is 1.64 bits per heavy atom. The molecule has 1 aliphatic rings. The third-order valence-corrected chi connectivity index (χ3v) is 2.14. The minimum atomic E-state index is 0. The second kappa shape index (κ2) is 4.07. The van der Waals surface area contributed by atoms with Crippen molar-refractivity contribution in [2.75, 3.05) is 20.1 Å². The summed E-state index contributed by atoms with van der Waals surface area (Å²) in [5, 5.41) is 0. The van der Waals surface area contributed by atoms with Gasteiger partial charge in [-0.15, -0.1) is 12.4 Å². The van der Waals surface area contributed by atoms with Crippen LogP contribution in [0.1, 0.15) is 13.8 Å². The highest BCUT2D eigenvalue weighted by molar-refractivity contribution is 5.85. The van der Waals surface area contributed by atoms with Crippen LogP contribution in [0, 0.1) is 11.8 Å². The Bertz CT molecular complexity index is 135. The second-order valence-corrected chi connectivity index (χ2v) is 3.43. The average molecular weight is 178 g/mol. The number of rotatable bonds is 0. The molecule has 0 amide bonds. The number of hydrogen-bond donors (Lipinski definition) is 0. The fourth-order valence-electron chi connectivity index (χ4n) is 1.68. The molecule has 2 nitrogen and oxygen atoms in total. The van der Waals surface area contributed by atoms with Crippen molar-refractivity contribution in [1.29, 1.82) is 0 Å². The van der Waals surface area contributed by atoms with Gasteiger partial charge < -0.3 is 4.90 Å². The van der Waals surface area contributed by atoms with Crippen LogP contribution in [0.2, 0.25) is 0 Å². The summed E-state index contributed by atoms with van der Waals surface area (Å²) >= 11 is 0. The third-order valence-electron chi connectivity index (χ3n) is 2.14. The lowest BCUT2D eigenvalue weighted by molar-refractivity contribution is -0.129. The van der Waals surface area contributed by atoms with Crippen LogP contribution in [-0.2, 0) is 4.79 Å². The molecule has 1 aliphatic heterocycles. The fourth-order valence-corrected chi connectivity index (χ4v) is 1.68. The Hall–Kier alpha value is -0.0800. The van der Waals surface area contributed by atoms with E-state index < -0.39 is 0 Å². The molecule has 0 aromatic heterocycles. The van der Waals surface area contributed by atoms with Gasteiger partial charge in [-0.1, -0.05) is 13.8 Å². The molecule has 0 aliphatic carbocycles. The van der Waals surface area contributed by atoms with E-state index in [9.17, 15) is 4.79 Å². The minimum absolute atomic E-state index is 0. The van der Waals surface area contributed by atoms with Crippen LogP contribution < -0.4 is 0 Å². The molecular weight excluding hydrogens is 162 g/mol. The molecule has 2 unspecified atom stereocenters. The number of halogens is 1. The van der Waals surface area contributed by atoms with E-state index in [1.54, 1.807) is 0 Å². The molecule has 11 heavy (non-hydrogen) atoms. The maximum atomic E-state index is 11.2. The van der Waals surface area contributed by atoms with Crippen molar-refractivity contribution in [2.45, 2.75) is 13.8 Å². The molecule has 0 N–H and O–H groups in total. The van der Waals surface area contributed by atoms with Crippen molar-refractivity contribution in [1.82, 2.24) is 4.90 Å². The van der Waals surface area contributed by atoms with E-state index in [0.717, 1.165) is 13.1 Å². The lowest BCUT2D eigenvalue weighted by Gasteiger charge is -2.30. The zero-order chi connectivity index (χ0) is 7.72. The predicted octanol–water partition coefficient (Wildman–Crippen LogP) is 1.19. The molecule has 0 radical (unpaired) electrons. The Labute approximate surface area is 74.4 Å². The Morgan fingerprint density at radius 1 is 1.27 bits per heavy atom. The number of likely N-dealkylation sites (tertiary alicyclic amines) is 1. The van der Waals surface area contributed by atoms with Gasteiger partial charge in [0.15, 0.2) is 0 Å². The van der Waals surface area contributed by atoms with Gasteiger partial charge >= 0.3 is 0 Å². The standard InChI is InChI=1S/C8H15NO.ClH/c1-6-4-9(3)5-7(2)8(6)10;/h6-7H,4-5H2,1-3H3;1H. The van der Waals surface area contributed by atoms with Gasteiger partial charge in [-0.05, 0) is 7.05 Å². The number of nitrogens with zero attached hydrogens (tertiary/aromatic N) is 1. The van der Waals surface area contributed by atoms with Gasteiger partial charge in [0, 0.05) is 24.9 Å². The highest BCUT2D eigenvalue weighted by Gasteiger charge is 2.27. The van der Waals surface area contributed by atoms with E-state index in [4.69, 9.17) is 0 Å². The Balaban J connectivity index is 0.000001000. The number of carbonyl (C=O) groups excluding carboxylic acids is 1. The van der Waals surface area contributed by atoms with Crippen LogP contribution in [-0.4, -0.2) is 30.8 Å². The number of hydrogen-bond acceptors (Lipinski definition) is 2. The molecule has 1 fully saturated rings. The molecule has 0 bridgehead atoms. The van der Waals surface area contributed by atoms with Crippen LogP contribution >= 0.6 is 12.4 Å². The number of carbonyl (C=O) groups is 1. The van der Waals surface area contributed by atoms with Gasteiger partial charge in [0.25, 0.3) is 0 Å². The SMILES string of the molecule is CC1CN(C)CC(C)C1=O.Cl. The highest BCUT2D eigenvalue weighted by atomic mass is 35.5. The van der Waals surface area contributed by atoms with Gasteiger partial charge in [-0.2, -0.15) is 0 Å². The van der Waals surface area contributed by atoms with Crippen LogP contribution in [0.25, 0.3) is 0 Å². The number of Topliss-reactive ketones (excluding diaryl/α,β-unsaturated/α-hetero) is 1. The van der Waals surface area contributed by atoms with E-state index in [-0.39, 0.29) is 24.2 Å². The molecule has 1 rings (SSSR count). The lowest BCUT2D eigenvalue weighted by Crippen LogP contribution is -2.42. The molecule has 66 valence electrons. The molecule has 0 aromatic carbocycles. The molecule has 0 saturated carbocycles. The molecule has 0 spiro atoms. The lowest BCUT2D eigenvalue weighted by atomic mass is 9.91. The van der Waals surface area contributed by atoms with Gasteiger partial charge in [0.2, 0.25) is 0 Å². The molecule has 1 heterocycles. The van der Waals surface area contributed by atoms with Crippen LogP contribution in [0.3, 0.4) is 0 Å². The first-order valence-corrected chi connectivity index (χ1v) is 3.83. The Kier molecular flexibility index (Phi) is 4.04. The number of piperidine rings is 1. The summed E-state index contributed by atoms with van der Waals surface area (Å²) in [6.45, 7) is 5.88. The first kappa shape index (κ1) is 10.9. The summed E-state index contributed by atoms with van der Waals surface area (Å²) in [5.41, 5.74) is 0. The Morgan fingerprint density at radius 3 is 2.00 bits per heavy atom. The van der Waals surface area contributed by atoms with E-state index in [1.165, 1.54) is 0 Å². The van der Waals surface area contributed by atoms with Crippen molar-refractivity contribution in [3.05, 3.63) is 0 Å². The summed E-state index contributed by atoms with van der Waals surface area (Å²) in [5.74, 6) is 0.917. The van der Waals surface area contributed by atoms with Gasteiger partial charge in [-0.3, -0.25) is 4.79 Å². The molecule has 1 saturated heterocycles. The molecule has 2 atom stereocenters. The van der Waals surface area contributed by atoms with Gasteiger partial charge in [0.1, 0.15) is 5.78 Å². The van der Waals surface area contributed by atoms with E-state index in [0.29, 0.717) is 5.78 Å². The molecule has 3 heteroatoms. The summed E-state index contributed by atoms with van der Waals surface area (Å²) in [6, 6.07) is 0. The van der Waals surface area contributed by atoms with Crippen molar-refractivity contribution < 1.29 is 4.79 Å².